The summed E-state index contributed by atoms with van der Waals surface area (Å²) in [5.41, 5.74) is 4.66. The van der Waals surface area contributed by atoms with Gasteiger partial charge in [0.15, 0.2) is 17.5 Å². The second-order valence-electron chi connectivity index (χ2n) is 7.94. The summed E-state index contributed by atoms with van der Waals surface area (Å²) in [5, 5.41) is 12.9. The van der Waals surface area contributed by atoms with E-state index in [0.717, 1.165) is 48.5 Å². The molecule has 0 amide bonds. The number of nitrogens with two attached hydrogens (primary N) is 1. The van der Waals surface area contributed by atoms with Crippen molar-refractivity contribution in [1.29, 1.82) is 0 Å². The number of aliphatic hydroxyl groups is 1. The van der Waals surface area contributed by atoms with E-state index in [4.69, 9.17) is 5.73 Å². The Labute approximate surface area is 186 Å². The van der Waals surface area contributed by atoms with Crippen molar-refractivity contribution in [2.24, 2.45) is 0 Å². The molecule has 2 aliphatic rings. The van der Waals surface area contributed by atoms with Gasteiger partial charge >= 0.3 is 0 Å². The molecule has 5 rings (SSSR count). The highest BCUT2D eigenvalue weighted by atomic mass is 32.2. The van der Waals surface area contributed by atoms with E-state index >= 15 is 0 Å². The minimum absolute atomic E-state index is 0.0849. The van der Waals surface area contributed by atoms with Gasteiger partial charge in [-0.2, -0.15) is 4.31 Å². The SMILES string of the molecule is Nc1ncc2c(F)cc(-c3cc(F)cc(F)c3F)n2n1.O=S(=O)(C1CC1)N1CCCC(O)C1. The summed E-state index contributed by atoms with van der Waals surface area (Å²) in [6.45, 7) is 0.898. The first-order valence-corrected chi connectivity index (χ1v) is 11.7. The average molecular weight is 487 g/mol. The van der Waals surface area contributed by atoms with E-state index in [1.165, 1.54) is 4.31 Å². The highest BCUT2D eigenvalue weighted by molar-refractivity contribution is 7.90. The minimum Gasteiger partial charge on any atom is -0.392 e. The highest BCUT2D eigenvalue weighted by Gasteiger charge is 2.41. The zero-order chi connectivity index (χ0) is 23.9. The van der Waals surface area contributed by atoms with Gasteiger partial charge in [0.05, 0.1) is 23.2 Å². The fourth-order valence-corrected chi connectivity index (χ4v) is 5.55. The van der Waals surface area contributed by atoms with E-state index in [-0.39, 0.29) is 22.4 Å². The molecule has 2 fully saturated rings. The molecule has 1 aliphatic heterocycles. The number of rotatable bonds is 3. The number of hydrogen-bond donors (Lipinski definition) is 2. The molecule has 1 saturated carbocycles. The lowest BCUT2D eigenvalue weighted by Gasteiger charge is -2.29. The smallest absolute Gasteiger partial charge is 0.238 e. The Balaban J connectivity index is 0.000000172. The number of fused-ring (bicyclic) bond motifs is 1. The molecule has 1 aromatic carbocycles. The lowest BCUT2D eigenvalue weighted by atomic mass is 10.1. The molecular weight excluding hydrogens is 466 g/mol. The van der Waals surface area contributed by atoms with Crippen molar-refractivity contribution in [2.45, 2.75) is 37.0 Å². The van der Waals surface area contributed by atoms with E-state index in [9.17, 15) is 31.1 Å². The van der Waals surface area contributed by atoms with Crippen LogP contribution in [0.2, 0.25) is 0 Å². The van der Waals surface area contributed by atoms with Gasteiger partial charge in [0.25, 0.3) is 0 Å². The van der Waals surface area contributed by atoms with Crippen molar-refractivity contribution in [1.82, 2.24) is 18.9 Å². The van der Waals surface area contributed by atoms with E-state index < -0.39 is 45.0 Å². The fraction of sp³-hybridized carbons (Fsp3) is 0.400. The van der Waals surface area contributed by atoms with Gasteiger partial charge < -0.3 is 10.8 Å². The van der Waals surface area contributed by atoms with Crippen LogP contribution in [0, 0.1) is 23.3 Å². The number of benzene rings is 1. The molecule has 0 spiro atoms. The molecule has 1 saturated heterocycles. The van der Waals surface area contributed by atoms with Gasteiger partial charge in [-0.1, -0.05) is 0 Å². The standard InChI is InChI=1S/C12H6F4N4.C8H15NO3S/c13-5-1-6(11(16)8(15)2-5)9-3-7(14)10-4-18-12(17)19-20(9)10;10-7-2-1-5-9(6-7)13(11,12)8-3-4-8/h1-4H,(H2,17,19);7-8,10H,1-6H2. The van der Waals surface area contributed by atoms with Crippen LogP contribution in [0.1, 0.15) is 25.7 Å². The van der Waals surface area contributed by atoms with Crippen molar-refractivity contribution in [3.05, 3.63) is 47.7 Å². The zero-order valence-corrected chi connectivity index (χ0v) is 18.1. The van der Waals surface area contributed by atoms with Gasteiger partial charge in [0.2, 0.25) is 16.0 Å². The van der Waals surface area contributed by atoms with Crippen LogP contribution in [0.5, 0.6) is 0 Å². The predicted octanol–water partition coefficient (Wildman–Crippen LogP) is 2.47. The average Bonchev–Trinajstić information content (AvgIpc) is 3.57. The molecule has 3 heterocycles. The normalized spacial score (nSPS) is 19.4. The molecule has 1 aliphatic carbocycles. The molecule has 1 atom stereocenters. The number of β-amino-alcohol motifs (C(OH)–C–C–N with tert-alkyl or cyclic N) is 1. The summed E-state index contributed by atoms with van der Waals surface area (Å²) in [4.78, 5) is 3.60. The Morgan fingerprint density at radius 2 is 1.79 bits per heavy atom. The van der Waals surface area contributed by atoms with Gasteiger partial charge in [0.1, 0.15) is 11.3 Å². The Kier molecular flexibility index (Phi) is 6.29. The first kappa shape index (κ1) is 23.4. The number of hydrogen-bond acceptors (Lipinski definition) is 6. The van der Waals surface area contributed by atoms with Crippen LogP contribution in [0.3, 0.4) is 0 Å². The number of nitrogens with zero attached hydrogens (tertiary/aromatic N) is 4. The number of halogens is 4. The van der Waals surface area contributed by atoms with Crippen molar-refractivity contribution in [3.63, 3.8) is 0 Å². The fourth-order valence-electron chi connectivity index (χ4n) is 3.63. The summed E-state index contributed by atoms with van der Waals surface area (Å²) >= 11 is 0. The molecule has 0 radical (unpaired) electrons. The Morgan fingerprint density at radius 1 is 1.06 bits per heavy atom. The third-order valence-electron chi connectivity index (χ3n) is 5.42. The number of anilines is 1. The van der Waals surface area contributed by atoms with E-state index in [0.29, 0.717) is 19.2 Å². The maximum Gasteiger partial charge on any atom is 0.238 e. The molecule has 178 valence electrons. The van der Waals surface area contributed by atoms with Gasteiger partial charge in [-0.15, -0.1) is 5.10 Å². The number of nitrogen functional groups attached to an aromatic ring is 1. The molecule has 8 nitrogen and oxygen atoms in total. The third-order valence-corrected chi connectivity index (χ3v) is 7.79. The summed E-state index contributed by atoms with van der Waals surface area (Å²) in [6.07, 6.45) is 3.75. The van der Waals surface area contributed by atoms with Crippen molar-refractivity contribution in [3.8, 4) is 11.3 Å². The Bertz CT molecular complexity index is 1300. The largest absolute Gasteiger partial charge is 0.392 e. The van der Waals surface area contributed by atoms with E-state index in [1.54, 1.807) is 0 Å². The third kappa shape index (κ3) is 4.80. The van der Waals surface area contributed by atoms with Crippen molar-refractivity contribution in [2.75, 3.05) is 18.8 Å². The molecule has 3 N–H and O–H groups in total. The number of piperidine rings is 1. The lowest BCUT2D eigenvalue weighted by Crippen LogP contribution is -2.43. The van der Waals surface area contributed by atoms with Crippen LogP contribution < -0.4 is 5.73 Å². The minimum atomic E-state index is -3.05. The summed E-state index contributed by atoms with van der Waals surface area (Å²) in [7, 11) is -3.05. The monoisotopic (exact) mass is 487 g/mol. The second-order valence-corrected chi connectivity index (χ2v) is 10.2. The predicted molar refractivity (Wildman–Crippen MR) is 111 cm³/mol. The van der Waals surface area contributed by atoms with Crippen LogP contribution >= 0.6 is 0 Å². The molecular formula is C20H21F4N5O3S. The maximum absolute atomic E-state index is 13.8. The van der Waals surface area contributed by atoms with Crippen LogP contribution in [0.4, 0.5) is 23.5 Å². The molecule has 13 heteroatoms. The van der Waals surface area contributed by atoms with Crippen molar-refractivity contribution >= 4 is 21.5 Å². The van der Waals surface area contributed by atoms with Gasteiger partial charge in [-0.3, -0.25) is 0 Å². The molecule has 33 heavy (non-hydrogen) atoms. The first-order chi connectivity index (χ1) is 15.6. The Morgan fingerprint density at radius 3 is 2.45 bits per heavy atom. The molecule has 1 unspecified atom stereocenters. The summed E-state index contributed by atoms with van der Waals surface area (Å²) in [6, 6.07) is 2.05. The molecule has 3 aromatic rings. The van der Waals surface area contributed by atoms with Crippen LogP contribution in [-0.4, -0.2) is 56.9 Å². The van der Waals surface area contributed by atoms with Gasteiger partial charge in [-0.05, 0) is 31.7 Å². The van der Waals surface area contributed by atoms with Gasteiger partial charge in [-0.25, -0.2) is 35.5 Å². The first-order valence-electron chi connectivity index (χ1n) is 10.2. The lowest BCUT2D eigenvalue weighted by molar-refractivity contribution is 0.108. The van der Waals surface area contributed by atoms with E-state index in [2.05, 4.69) is 10.1 Å². The summed E-state index contributed by atoms with van der Waals surface area (Å²) in [5.74, 6) is -4.62. The van der Waals surface area contributed by atoms with E-state index in [1.807, 2.05) is 0 Å². The molecule has 0 bridgehead atoms. The number of sulfonamides is 1. The number of aliphatic hydroxyl groups excluding tert-OH is 1. The summed E-state index contributed by atoms with van der Waals surface area (Å²) < 4.78 is 79.7. The topological polar surface area (TPSA) is 114 Å². The van der Waals surface area contributed by atoms with Gasteiger partial charge in [0, 0.05) is 30.8 Å². The van der Waals surface area contributed by atoms with Crippen LogP contribution in [0.25, 0.3) is 16.8 Å². The Hall–Kier alpha value is -2.77. The molecule has 2 aromatic heterocycles. The maximum atomic E-state index is 13.8. The number of aromatic nitrogens is 3. The van der Waals surface area contributed by atoms with Crippen molar-refractivity contribution < 1.29 is 31.1 Å². The highest BCUT2D eigenvalue weighted by Crippen LogP contribution is 2.32. The van der Waals surface area contributed by atoms with Crippen LogP contribution in [-0.2, 0) is 10.0 Å². The zero-order valence-electron chi connectivity index (χ0n) is 17.3. The second kappa shape index (κ2) is 8.88. The quantitative estimate of drug-likeness (QED) is 0.434. The van der Waals surface area contributed by atoms with Crippen LogP contribution in [0.15, 0.2) is 24.4 Å².